The molecule has 0 saturated carbocycles. The lowest BCUT2D eigenvalue weighted by Gasteiger charge is -2.09. The van der Waals surface area contributed by atoms with Gasteiger partial charge in [0.2, 0.25) is 5.95 Å². The summed E-state index contributed by atoms with van der Waals surface area (Å²) in [6.07, 6.45) is 0.799. The molecule has 2 aromatic rings. The van der Waals surface area contributed by atoms with Gasteiger partial charge in [-0.2, -0.15) is 9.97 Å². The van der Waals surface area contributed by atoms with Crippen molar-refractivity contribution < 1.29 is 9.47 Å². The number of rotatable bonds is 6. The van der Waals surface area contributed by atoms with E-state index >= 15 is 0 Å². The Labute approximate surface area is 127 Å². The van der Waals surface area contributed by atoms with Crippen LogP contribution in [0.15, 0.2) is 18.2 Å². The molecule has 0 aliphatic carbocycles. The number of ether oxygens (including phenoxy) is 2. The van der Waals surface area contributed by atoms with Crippen molar-refractivity contribution in [2.45, 2.75) is 20.3 Å². The van der Waals surface area contributed by atoms with Gasteiger partial charge in [0, 0.05) is 5.02 Å². The fourth-order valence-corrected chi connectivity index (χ4v) is 1.88. The molecule has 0 spiro atoms. The smallest absolute Gasteiger partial charge is 0.330 e. The number of hydrogen-bond acceptors (Lipinski definition) is 7. The summed E-state index contributed by atoms with van der Waals surface area (Å²) in [5, 5.41) is 0.694. The molecule has 1 heterocycles. The van der Waals surface area contributed by atoms with E-state index in [4.69, 9.17) is 26.9 Å². The van der Waals surface area contributed by atoms with Crippen molar-refractivity contribution in [1.82, 2.24) is 15.0 Å². The van der Waals surface area contributed by atoms with Crippen LogP contribution in [0.1, 0.15) is 19.4 Å². The minimum atomic E-state index is 0.0887. The molecule has 0 amide bonds. The van der Waals surface area contributed by atoms with Crippen LogP contribution in [0.3, 0.4) is 0 Å². The lowest BCUT2D eigenvalue weighted by molar-refractivity contribution is 0.304. The predicted molar refractivity (Wildman–Crippen MR) is 79.7 cm³/mol. The maximum Gasteiger partial charge on any atom is 0.330 e. The van der Waals surface area contributed by atoms with E-state index < -0.39 is 0 Å². The molecular formula is C13H16ClN5O2. The summed E-state index contributed by atoms with van der Waals surface area (Å²) < 4.78 is 10.8. The highest BCUT2D eigenvalue weighted by Gasteiger charge is 2.09. The number of nitrogens with zero attached hydrogens (tertiary/aromatic N) is 3. The highest BCUT2D eigenvalue weighted by molar-refractivity contribution is 6.31. The van der Waals surface area contributed by atoms with Crippen LogP contribution in [0, 0.1) is 0 Å². The van der Waals surface area contributed by atoms with E-state index in [1.807, 2.05) is 19.9 Å². The summed E-state index contributed by atoms with van der Waals surface area (Å²) in [5.74, 6) is 6.05. The highest BCUT2D eigenvalue weighted by atomic mass is 35.5. The molecule has 0 radical (unpaired) electrons. The summed E-state index contributed by atoms with van der Waals surface area (Å²) >= 11 is 6.07. The Balaban J connectivity index is 2.27. The summed E-state index contributed by atoms with van der Waals surface area (Å²) in [6, 6.07) is 5.57. The van der Waals surface area contributed by atoms with Gasteiger partial charge in [-0.1, -0.05) is 18.5 Å². The van der Waals surface area contributed by atoms with E-state index in [1.54, 1.807) is 12.1 Å². The number of halogens is 1. The van der Waals surface area contributed by atoms with E-state index in [0.29, 0.717) is 17.4 Å². The molecule has 0 unspecified atom stereocenters. The predicted octanol–water partition coefficient (Wildman–Crippen LogP) is 2.56. The van der Waals surface area contributed by atoms with E-state index in [2.05, 4.69) is 20.4 Å². The second-order valence-electron chi connectivity index (χ2n) is 4.01. The van der Waals surface area contributed by atoms with E-state index in [1.165, 1.54) is 0 Å². The summed E-state index contributed by atoms with van der Waals surface area (Å²) in [5.41, 5.74) is 3.32. The third-order valence-corrected chi connectivity index (χ3v) is 2.97. The molecule has 7 nitrogen and oxygen atoms in total. The number of benzene rings is 1. The molecule has 112 valence electrons. The van der Waals surface area contributed by atoms with Crippen molar-refractivity contribution in [3.8, 4) is 17.8 Å². The zero-order valence-electron chi connectivity index (χ0n) is 11.8. The normalized spacial score (nSPS) is 10.3. The van der Waals surface area contributed by atoms with Crippen molar-refractivity contribution >= 4 is 17.5 Å². The van der Waals surface area contributed by atoms with Gasteiger partial charge in [-0.15, -0.1) is 4.98 Å². The first kappa shape index (κ1) is 15.3. The number of aryl methyl sites for hydroxylation is 1. The Morgan fingerprint density at radius 2 is 1.95 bits per heavy atom. The van der Waals surface area contributed by atoms with Crippen LogP contribution in [-0.4, -0.2) is 21.6 Å². The third kappa shape index (κ3) is 3.93. The SMILES string of the molecule is CCOc1nc(NN)nc(Oc2ccc(Cl)c(CC)c2)n1. The number of anilines is 1. The molecule has 0 fully saturated rings. The largest absolute Gasteiger partial charge is 0.464 e. The van der Waals surface area contributed by atoms with Crippen LogP contribution < -0.4 is 20.7 Å². The number of aromatic nitrogens is 3. The Hall–Kier alpha value is -2.12. The molecule has 0 bridgehead atoms. The van der Waals surface area contributed by atoms with Crippen molar-refractivity contribution in [2.75, 3.05) is 12.0 Å². The van der Waals surface area contributed by atoms with Gasteiger partial charge in [0.1, 0.15) is 5.75 Å². The van der Waals surface area contributed by atoms with Crippen molar-refractivity contribution in [1.29, 1.82) is 0 Å². The second-order valence-corrected chi connectivity index (χ2v) is 4.42. The third-order valence-electron chi connectivity index (χ3n) is 2.60. The van der Waals surface area contributed by atoms with Gasteiger partial charge in [-0.05, 0) is 37.1 Å². The zero-order valence-corrected chi connectivity index (χ0v) is 12.5. The van der Waals surface area contributed by atoms with Gasteiger partial charge in [0.25, 0.3) is 0 Å². The first-order valence-electron chi connectivity index (χ1n) is 6.48. The maximum atomic E-state index is 6.07. The molecule has 1 aromatic heterocycles. The Kier molecular flexibility index (Phi) is 5.13. The quantitative estimate of drug-likeness (QED) is 0.625. The lowest BCUT2D eigenvalue weighted by Crippen LogP contribution is -2.12. The maximum absolute atomic E-state index is 6.07. The monoisotopic (exact) mass is 309 g/mol. The molecule has 0 aliphatic heterocycles. The lowest BCUT2D eigenvalue weighted by atomic mass is 10.1. The minimum Gasteiger partial charge on any atom is -0.464 e. The van der Waals surface area contributed by atoms with E-state index in [-0.39, 0.29) is 18.0 Å². The van der Waals surface area contributed by atoms with Crippen LogP contribution in [0.5, 0.6) is 17.8 Å². The van der Waals surface area contributed by atoms with Crippen molar-refractivity contribution in [3.05, 3.63) is 28.8 Å². The average Bonchev–Trinajstić information content (AvgIpc) is 2.49. The zero-order chi connectivity index (χ0) is 15.2. The fourth-order valence-electron chi connectivity index (χ4n) is 1.63. The molecule has 8 heteroatoms. The van der Waals surface area contributed by atoms with Crippen molar-refractivity contribution in [3.63, 3.8) is 0 Å². The van der Waals surface area contributed by atoms with E-state index in [9.17, 15) is 0 Å². The number of hydrogen-bond donors (Lipinski definition) is 2. The molecule has 0 aliphatic rings. The van der Waals surface area contributed by atoms with Crippen LogP contribution in [0.25, 0.3) is 0 Å². The molecule has 1 aromatic carbocycles. The van der Waals surface area contributed by atoms with Crippen molar-refractivity contribution in [2.24, 2.45) is 5.84 Å². The fraction of sp³-hybridized carbons (Fsp3) is 0.308. The number of nitrogens with one attached hydrogen (secondary N) is 1. The van der Waals surface area contributed by atoms with Gasteiger partial charge in [-0.25, -0.2) is 5.84 Å². The summed E-state index contributed by atoms with van der Waals surface area (Å²) in [7, 11) is 0. The van der Waals surface area contributed by atoms with Gasteiger partial charge in [0.05, 0.1) is 6.61 Å². The standard InChI is InChI=1S/C13H16ClN5O2/c1-3-8-7-9(5-6-10(8)14)21-13-17-11(19-15)16-12(18-13)20-4-2/h5-7H,3-4,15H2,1-2H3,(H,16,17,18,19). The van der Waals surface area contributed by atoms with Crippen LogP contribution >= 0.6 is 11.6 Å². The number of hydrazine groups is 1. The minimum absolute atomic E-state index is 0.0887. The van der Waals surface area contributed by atoms with Gasteiger partial charge in [0.15, 0.2) is 0 Å². The molecule has 0 saturated heterocycles. The molecule has 21 heavy (non-hydrogen) atoms. The average molecular weight is 310 g/mol. The number of nitrogen functional groups attached to an aromatic ring is 1. The first-order chi connectivity index (χ1) is 10.2. The van der Waals surface area contributed by atoms with Crippen LogP contribution in [-0.2, 0) is 6.42 Å². The number of nitrogens with two attached hydrogens (primary N) is 1. The van der Waals surface area contributed by atoms with Gasteiger partial charge < -0.3 is 9.47 Å². The summed E-state index contributed by atoms with van der Waals surface area (Å²) in [4.78, 5) is 12.0. The summed E-state index contributed by atoms with van der Waals surface area (Å²) in [6.45, 7) is 4.26. The van der Waals surface area contributed by atoms with Gasteiger partial charge in [-0.3, -0.25) is 5.43 Å². The molecule has 3 N–H and O–H groups in total. The Bertz CT molecular complexity index is 624. The van der Waals surface area contributed by atoms with E-state index in [0.717, 1.165) is 12.0 Å². The molecular weight excluding hydrogens is 294 g/mol. The highest BCUT2D eigenvalue weighted by Crippen LogP contribution is 2.26. The molecule has 2 rings (SSSR count). The van der Waals surface area contributed by atoms with Crippen LogP contribution in [0.2, 0.25) is 5.02 Å². The first-order valence-corrected chi connectivity index (χ1v) is 6.85. The van der Waals surface area contributed by atoms with Crippen LogP contribution in [0.4, 0.5) is 5.95 Å². The van der Waals surface area contributed by atoms with Gasteiger partial charge >= 0.3 is 12.0 Å². The Morgan fingerprint density at radius 1 is 1.19 bits per heavy atom. The Morgan fingerprint density at radius 3 is 2.62 bits per heavy atom. The molecule has 0 atom stereocenters. The topological polar surface area (TPSA) is 95.2 Å². The second kappa shape index (κ2) is 7.05.